The summed E-state index contributed by atoms with van der Waals surface area (Å²) < 4.78 is 0. The Morgan fingerprint density at radius 3 is 2.19 bits per heavy atom. The number of piperazine rings is 1. The second-order valence-electron chi connectivity index (χ2n) is 6.65. The number of benzene rings is 2. The number of amides is 2. The van der Waals surface area contributed by atoms with Crippen molar-refractivity contribution in [3.8, 4) is 0 Å². The minimum absolute atomic E-state index is 0.0516. The zero-order chi connectivity index (χ0) is 18.4. The van der Waals surface area contributed by atoms with Crippen LogP contribution in [0.4, 0.5) is 0 Å². The number of hydrogen-bond acceptors (Lipinski definition) is 3. The molecule has 0 spiro atoms. The van der Waals surface area contributed by atoms with Gasteiger partial charge in [0.05, 0.1) is 0 Å². The number of carbonyl (C=O) groups excluding carboxylic acids is 2. The van der Waals surface area contributed by atoms with Crippen LogP contribution in [-0.2, 0) is 22.7 Å². The average Bonchev–Trinajstić information content (AvgIpc) is 2.67. The molecule has 1 atom stereocenters. The molecular formula is C21H25N3O2. The largest absolute Gasteiger partial charge is 0.350 e. The fourth-order valence-corrected chi connectivity index (χ4v) is 3.33. The minimum Gasteiger partial charge on any atom is -0.350 e. The van der Waals surface area contributed by atoms with Crippen LogP contribution in [0.5, 0.6) is 0 Å². The summed E-state index contributed by atoms with van der Waals surface area (Å²) in [7, 11) is 0. The van der Waals surface area contributed by atoms with Gasteiger partial charge in [0, 0.05) is 39.6 Å². The fraction of sp³-hybridized carbons (Fsp3) is 0.333. The number of nitrogens with one attached hydrogen (secondary N) is 1. The maximum absolute atomic E-state index is 12.8. The normalized spacial score (nSPS) is 17.7. The van der Waals surface area contributed by atoms with E-state index in [1.165, 1.54) is 12.5 Å². The highest BCUT2D eigenvalue weighted by molar-refractivity contribution is 5.87. The second-order valence-corrected chi connectivity index (χ2v) is 6.65. The molecule has 0 bridgehead atoms. The molecule has 0 aliphatic carbocycles. The van der Waals surface area contributed by atoms with E-state index in [9.17, 15) is 9.59 Å². The van der Waals surface area contributed by atoms with E-state index >= 15 is 0 Å². The molecule has 26 heavy (non-hydrogen) atoms. The number of rotatable bonds is 5. The summed E-state index contributed by atoms with van der Waals surface area (Å²) in [5.74, 6) is -0.147. The van der Waals surface area contributed by atoms with Gasteiger partial charge in [-0.1, -0.05) is 60.7 Å². The van der Waals surface area contributed by atoms with Crippen molar-refractivity contribution < 1.29 is 9.59 Å². The lowest BCUT2D eigenvalue weighted by atomic mass is 10.1. The van der Waals surface area contributed by atoms with Gasteiger partial charge < -0.3 is 10.2 Å². The molecule has 2 aromatic rings. The Morgan fingerprint density at radius 1 is 0.962 bits per heavy atom. The first-order chi connectivity index (χ1) is 12.6. The Morgan fingerprint density at radius 2 is 1.58 bits per heavy atom. The molecular weight excluding hydrogens is 326 g/mol. The van der Waals surface area contributed by atoms with Gasteiger partial charge in [0.25, 0.3) is 0 Å². The summed E-state index contributed by atoms with van der Waals surface area (Å²) in [6, 6.07) is 19.6. The molecule has 5 nitrogen and oxygen atoms in total. The predicted octanol–water partition coefficient (Wildman–Crippen LogP) is 2.04. The molecule has 2 amide bonds. The van der Waals surface area contributed by atoms with Gasteiger partial charge >= 0.3 is 0 Å². The van der Waals surface area contributed by atoms with Crippen LogP contribution in [-0.4, -0.2) is 47.3 Å². The Hall–Kier alpha value is -2.66. The Kier molecular flexibility index (Phi) is 6.02. The minimum atomic E-state index is -0.450. The molecule has 0 radical (unpaired) electrons. The lowest BCUT2D eigenvalue weighted by Crippen LogP contribution is -2.59. The molecule has 1 fully saturated rings. The van der Waals surface area contributed by atoms with Crippen LogP contribution in [0.2, 0.25) is 0 Å². The first-order valence-corrected chi connectivity index (χ1v) is 8.98. The maximum atomic E-state index is 12.8. The van der Waals surface area contributed by atoms with Gasteiger partial charge in [0.1, 0.15) is 6.04 Å². The number of carbonyl (C=O) groups is 2. The Labute approximate surface area is 154 Å². The van der Waals surface area contributed by atoms with Crippen LogP contribution in [0.1, 0.15) is 18.1 Å². The molecule has 136 valence electrons. The highest BCUT2D eigenvalue weighted by atomic mass is 16.2. The van der Waals surface area contributed by atoms with Crippen molar-refractivity contribution >= 4 is 11.8 Å². The van der Waals surface area contributed by atoms with Crippen molar-refractivity contribution in [2.24, 2.45) is 0 Å². The zero-order valence-electron chi connectivity index (χ0n) is 15.1. The van der Waals surface area contributed by atoms with Crippen LogP contribution < -0.4 is 5.32 Å². The highest BCUT2D eigenvalue weighted by Gasteiger charge is 2.33. The van der Waals surface area contributed by atoms with E-state index < -0.39 is 6.04 Å². The van der Waals surface area contributed by atoms with E-state index in [1.807, 2.05) is 48.5 Å². The molecule has 3 rings (SSSR count). The van der Waals surface area contributed by atoms with E-state index in [2.05, 4.69) is 22.3 Å². The molecule has 0 aromatic heterocycles. The van der Waals surface area contributed by atoms with E-state index in [1.54, 1.807) is 4.90 Å². The van der Waals surface area contributed by atoms with Crippen LogP contribution in [0.3, 0.4) is 0 Å². The van der Waals surface area contributed by atoms with Gasteiger partial charge in [-0.15, -0.1) is 0 Å². The monoisotopic (exact) mass is 351 g/mol. The van der Waals surface area contributed by atoms with Gasteiger partial charge in [-0.3, -0.25) is 14.5 Å². The molecule has 0 saturated carbocycles. The van der Waals surface area contributed by atoms with Gasteiger partial charge in [-0.2, -0.15) is 0 Å². The lowest BCUT2D eigenvalue weighted by Gasteiger charge is -2.40. The molecule has 1 N–H and O–H groups in total. The van der Waals surface area contributed by atoms with Crippen LogP contribution in [0.25, 0.3) is 0 Å². The molecule has 1 heterocycles. The van der Waals surface area contributed by atoms with Crippen molar-refractivity contribution in [1.29, 1.82) is 0 Å². The Balaban J connectivity index is 1.64. The summed E-state index contributed by atoms with van der Waals surface area (Å²) in [6.07, 6.45) is 0. The van der Waals surface area contributed by atoms with E-state index in [0.29, 0.717) is 19.6 Å². The fourth-order valence-electron chi connectivity index (χ4n) is 3.33. The SMILES string of the molecule is CC(=O)N1CCN(Cc2ccccc2)CC1C(=O)NCc1ccccc1. The quantitative estimate of drug-likeness (QED) is 0.897. The Bertz CT molecular complexity index is 733. The van der Waals surface area contributed by atoms with Crippen LogP contribution in [0.15, 0.2) is 60.7 Å². The van der Waals surface area contributed by atoms with Crippen molar-refractivity contribution in [2.45, 2.75) is 26.1 Å². The predicted molar refractivity (Wildman–Crippen MR) is 101 cm³/mol. The third-order valence-electron chi connectivity index (χ3n) is 4.73. The van der Waals surface area contributed by atoms with Gasteiger partial charge in [0.15, 0.2) is 0 Å². The standard InChI is InChI=1S/C21H25N3O2/c1-17(25)24-13-12-23(15-19-10-6-3-7-11-19)16-20(24)21(26)22-14-18-8-4-2-5-9-18/h2-11,20H,12-16H2,1H3,(H,22,26). The van der Waals surface area contributed by atoms with Crippen LogP contribution >= 0.6 is 0 Å². The van der Waals surface area contributed by atoms with E-state index in [-0.39, 0.29) is 11.8 Å². The van der Waals surface area contributed by atoms with E-state index in [4.69, 9.17) is 0 Å². The summed E-state index contributed by atoms with van der Waals surface area (Å²) in [5.41, 5.74) is 2.26. The maximum Gasteiger partial charge on any atom is 0.244 e. The van der Waals surface area contributed by atoms with Crippen LogP contribution in [0, 0.1) is 0 Å². The van der Waals surface area contributed by atoms with Gasteiger partial charge in [-0.25, -0.2) is 0 Å². The number of hydrogen-bond donors (Lipinski definition) is 1. The zero-order valence-corrected chi connectivity index (χ0v) is 15.1. The third kappa shape index (κ3) is 4.70. The van der Waals surface area contributed by atoms with Crippen molar-refractivity contribution in [2.75, 3.05) is 19.6 Å². The summed E-state index contributed by atoms with van der Waals surface area (Å²) in [6.45, 7) is 4.69. The molecule has 5 heteroatoms. The van der Waals surface area contributed by atoms with Crippen molar-refractivity contribution in [1.82, 2.24) is 15.1 Å². The molecule has 1 aliphatic heterocycles. The molecule has 1 unspecified atom stereocenters. The molecule has 1 aliphatic rings. The molecule has 2 aromatic carbocycles. The third-order valence-corrected chi connectivity index (χ3v) is 4.73. The van der Waals surface area contributed by atoms with Gasteiger partial charge in [0.2, 0.25) is 11.8 Å². The number of nitrogens with zero attached hydrogens (tertiary/aromatic N) is 2. The first kappa shape index (κ1) is 18.1. The molecule has 1 saturated heterocycles. The second kappa shape index (κ2) is 8.63. The smallest absolute Gasteiger partial charge is 0.244 e. The van der Waals surface area contributed by atoms with E-state index in [0.717, 1.165) is 18.7 Å². The summed E-state index contributed by atoms with van der Waals surface area (Å²) >= 11 is 0. The van der Waals surface area contributed by atoms with Gasteiger partial charge in [-0.05, 0) is 11.1 Å². The lowest BCUT2D eigenvalue weighted by molar-refractivity contribution is -0.142. The highest BCUT2D eigenvalue weighted by Crippen LogP contribution is 2.14. The first-order valence-electron chi connectivity index (χ1n) is 8.98. The van der Waals surface area contributed by atoms with Crippen molar-refractivity contribution in [3.05, 3.63) is 71.8 Å². The summed E-state index contributed by atoms with van der Waals surface area (Å²) in [5, 5.41) is 2.98. The summed E-state index contributed by atoms with van der Waals surface area (Å²) in [4.78, 5) is 28.7. The topological polar surface area (TPSA) is 52.7 Å². The average molecular weight is 351 g/mol. The van der Waals surface area contributed by atoms with Crippen molar-refractivity contribution in [3.63, 3.8) is 0 Å².